The van der Waals surface area contributed by atoms with Crippen LogP contribution in [0.5, 0.6) is 0 Å². The molecule has 0 aromatic carbocycles. The SMILES string of the molecule is CCC(CO[Si](C)(C)C(C)(C)C)(CO[Si](C)(C)C(C)(C)C)NC(=O)SCCCOCOP(N(C(C)C)C(C)C)N(C(C)C)C(C)C. The molecule has 0 bridgehead atoms. The zero-order valence-electron chi connectivity index (χ0n) is 33.6. The van der Waals surface area contributed by atoms with Crippen LogP contribution in [0.4, 0.5) is 4.79 Å². The van der Waals surface area contributed by atoms with Gasteiger partial charge in [-0.2, -0.15) is 0 Å². The molecule has 46 heavy (non-hydrogen) atoms. The molecule has 0 fully saturated rings. The lowest BCUT2D eigenvalue weighted by molar-refractivity contribution is 0.00844. The average Bonchev–Trinajstić information content (AvgIpc) is 2.87. The lowest BCUT2D eigenvalue weighted by Gasteiger charge is -2.45. The molecule has 1 amide bonds. The van der Waals surface area contributed by atoms with E-state index in [0.717, 1.165) is 12.8 Å². The summed E-state index contributed by atoms with van der Waals surface area (Å²) in [6.45, 7) is 44.2. The van der Waals surface area contributed by atoms with Gasteiger partial charge in [0.05, 0.1) is 25.4 Å². The summed E-state index contributed by atoms with van der Waals surface area (Å²) in [5.41, 5.74) is -0.575. The zero-order chi connectivity index (χ0) is 36.3. The Morgan fingerprint density at radius 3 is 1.48 bits per heavy atom. The van der Waals surface area contributed by atoms with Gasteiger partial charge in [-0.1, -0.05) is 60.2 Å². The molecule has 0 aliphatic rings. The van der Waals surface area contributed by atoms with Gasteiger partial charge >= 0.3 is 0 Å². The second-order valence-corrected chi connectivity index (χ2v) is 29.3. The topological polar surface area (TPSA) is 72.5 Å². The van der Waals surface area contributed by atoms with E-state index in [1.165, 1.54) is 11.8 Å². The molecular formula is C34H76N3O5PSSi2. The summed E-state index contributed by atoms with van der Waals surface area (Å²) in [7, 11) is -5.03. The smallest absolute Gasteiger partial charge is 0.279 e. The Balaban J connectivity index is 5.34. The number of ether oxygens (including phenoxy) is 1. The summed E-state index contributed by atoms with van der Waals surface area (Å²) in [5.74, 6) is 0.667. The summed E-state index contributed by atoms with van der Waals surface area (Å²) in [6, 6.07) is 1.43. The molecule has 1 N–H and O–H groups in total. The lowest BCUT2D eigenvalue weighted by atomic mass is 9.99. The first-order valence-corrected chi connectivity index (χ1v) is 25.5. The van der Waals surface area contributed by atoms with Gasteiger partial charge in [-0.05, 0) is 104 Å². The number of nitrogens with zero attached hydrogens (tertiary/aromatic N) is 2. The Morgan fingerprint density at radius 1 is 0.761 bits per heavy atom. The quantitative estimate of drug-likeness (QED) is 0.0543. The Bertz CT molecular complexity index is 814. The second kappa shape index (κ2) is 19.7. The number of hydrogen-bond acceptors (Lipinski definition) is 8. The highest BCUT2D eigenvalue weighted by Gasteiger charge is 2.44. The summed E-state index contributed by atoms with van der Waals surface area (Å²) in [6.07, 6.45) is 1.50. The van der Waals surface area contributed by atoms with Crippen molar-refractivity contribution in [2.24, 2.45) is 0 Å². The van der Waals surface area contributed by atoms with Gasteiger partial charge in [0.2, 0.25) is 0 Å². The van der Waals surface area contributed by atoms with Gasteiger partial charge in [0, 0.05) is 29.9 Å². The van der Waals surface area contributed by atoms with Crippen molar-refractivity contribution in [3.8, 4) is 0 Å². The Kier molecular flexibility index (Phi) is 19.9. The third kappa shape index (κ3) is 15.1. The van der Waals surface area contributed by atoms with Gasteiger partial charge in [0.25, 0.3) is 5.24 Å². The van der Waals surface area contributed by atoms with E-state index in [0.29, 0.717) is 49.7 Å². The molecule has 0 radical (unpaired) electrons. The van der Waals surface area contributed by atoms with Crippen molar-refractivity contribution in [2.75, 3.05) is 32.4 Å². The van der Waals surface area contributed by atoms with Gasteiger partial charge in [-0.15, -0.1) is 0 Å². The van der Waals surface area contributed by atoms with Gasteiger partial charge in [0.15, 0.2) is 31.9 Å². The van der Waals surface area contributed by atoms with E-state index >= 15 is 0 Å². The number of carbonyl (C=O) groups excluding carboxylic acids is 1. The van der Waals surface area contributed by atoms with Crippen LogP contribution >= 0.6 is 20.2 Å². The highest BCUT2D eigenvalue weighted by atomic mass is 32.2. The number of nitrogens with one attached hydrogen (secondary N) is 1. The average molecular weight is 726 g/mol. The number of thioether (sulfide) groups is 1. The maximum absolute atomic E-state index is 13.3. The van der Waals surface area contributed by atoms with Gasteiger partial charge < -0.3 is 23.4 Å². The molecule has 0 heterocycles. The largest absolute Gasteiger partial charge is 0.414 e. The molecule has 0 spiro atoms. The van der Waals surface area contributed by atoms with Crippen molar-refractivity contribution >= 4 is 42.1 Å². The van der Waals surface area contributed by atoms with Crippen LogP contribution in [0.1, 0.15) is 117 Å². The maximum Gasteiger partial charge on any atom is 0.279 e. The minimum atomic E-state index is -2.02. The highest BCUT2D eigenvalue weighted by molar-refractivity contribution is 8.13. The van der Waals surface area contributed by atoms with Crippen molar-refractivity contribution in [3.63, 3.8) is 0 Å². The fraction of sp³-hybridized carbons (Fsp3) is 0.971. The summed E-state index contributed by atoms with van der Waals surface area (Å²) < 4.78 is 30.7. The van der Waals surface area contributed by atoms with Crippen molar-refractivity contribution < 1.29 is 22.9 Å². The summed E-state index contributed by atoms with van der Waals surface area (Å²) in [5, 5.41) is 3.49. The van der Waals surface area contributed by atoms with E-state index in [-0.39, 0.29) is 22.1 Å². The molecule has 0 atom stereocenters. The molecule has 12 heteroatoms. The van der Waals surface area contributed by atoms with Crippen LogP contribution in [0.2, 0.25) is 36.3 Å². The maximum atomic E-state index is 13.3. The lowest BCUT2D eigenvalue weighted by Crippen LogP contribution is -2.58. The Hall–Kier alpha value is 0.444. The highest BCUT2D eigenvalue weighted by Crippen LogP contribution is 2.50. The predicted molar refractivity (Wildman–Crippen MR) is 208 cm³/mol. The predicted octanol–water partition coefficient (Wildman–Crippen LogP) is 10.5. The molecule has 8 nitrogen and oxygen atoms in total. The van der Waals surface area contributed by atoms with E-state index in [9.17, 15) is 4.79 Å². The molecule has 0 rings (SSSR count). The Morgan fingerprint density at radius 2 is 1.15 bits per heavy atom. The van der Waals surface area contributed by atoms with Crippen LogP contribution in [0.3, 0.4) is 0 Å². The number of amides is 1. The fourth-order valence-electron chi connectivity index (χ4n) is 4.43. The molecule has 0 saturated heterocycles. The second-order valence-electron chi connectivity index (χ2n) is 16.9. The van der Waals surface area contributed by atoms with Crippen molar-refractivity contribution in [1.82, 2.24) is 14.7 Å². The summed E-state index contributed by atoms with van der Waals surface area (Å²) in [4.78, 5) is 13.3. The van der Waals surface area contributed by atoms with E-state index in [2.05, 4.69) is 145 Å². The zero-order valence-corrected chi connectivity index (χ0v) is 37.3. The molecule has 0 aliphatic carbocycles. The monoisotopic (exact) mass is 725 g/mol. The van der Waals surface area contributed by atoms with Crippen LogP contribution in [-0.4, -0.2) is 93.3 Å². The number of carbonyl (C=O) groups is 1. The van der Waals surface area contributed by atoms with Crippen molar-refractivity contribution in [1.29, 1.82) is 0 Å². The first-order chi connectivity index (χ1) is 20.7. The van der Waals surface area contributed by atoms with Crippen LogP contribution in [-0.2, 0) is 18.1 Å². The third-order valence-electron chi connectivity index (χ3n) is 9.50. The summed E-state index contributed by atoms with van der Waals surface area (Å²) >= 11 is 1.31. The van der Waals surface area contributed by atoms with Crippen molar-refractivity contribution in [3.05, 3.63) is 0 Å². The van der Waals surface area contributed by atoms with E-state index in [4.69, 9.17) is 18.1 Å². The minimum Gasteiger partial charge on any atom is -0.414 e. The number of hydrogen-bond donors (Lipinski definition) is 1. The molecular weight excluding hydrogens is 650 g/mol. The molecule has 0 aromatic heterocycles. The Labute approximate surface area is 293 Å². The first-order valence-electron chi connectivity index (χ1n) is 17.6. The van der Waals surface area contributed by atoms with Crippen molar-refractivity contribution in [2.45, 2.75) is 183 Å². The molecule has 0 saturated carbocycles. The molecule has 0 aliphatic heterocycles. The van der Waals surface area contributed by atoms with Crippen LogP contribution < -0.4 is 5.32 Å². The molecule has 0 aromatic rings. The third-order valence-corrected chi connectivity index (χ3v) is 22.3. The normalized spacial score (nSPS) is 14.3. The minimum absolute atomic E-state index is 0.0340. The van der Waals surface area contributed by atoms with Gasteiger partial charge in [0.1, 0.15) is 0 Å². The van der Waals surface area contributed by atoms with E-state index in [1.807, 2.05) is 0 Å². The van der Waals surface area contributed by atoms with Crippen LogP contribution in [0.25, 0.3) is 0 Å². The first kappa shape index (κ1) is 46.4. The van der Waals surface area contributed by atoms with Gasteiger partial charge in [-0.25, -0.2) is 9.34 Å². The van der Waals surface area contributed by atoms with Gasteiger partial charge in [-0.3, -0.25) is 4.79 Å². The van der Waals surface area contributed by atoms with E-state index < -0.39 is 30.6 Å². The standard InChI is InChI=1S/C34H76N3O5PSSi2/c1-20-34(24-41-45(16,17)32(10,11)12,25-42-46(18,19)33(13,14)15)35-31(38)44-23-21-22-39-26-40-43(36(27(2)3)28(4)5)37(29(6)7)30(8)9/h27-30H,20-26H2,1-19H3,(H,35,38). The molecule has 276 valence electrons. The number of rotatable bonds is 21. The van der Waals surface area contributed by atoms with E-state index in [1.54, 1.807) is 0 Å². The molecule has 0 unspecified atom stereocenters. The fourth-order valence-corrected chi connectivity index (χ4v) is 9.56. The van der Waals surface area contributed by atoms with Crippen LogP contribution in [0.15, 0.2) is 0 Å². The van der Waals surface area contributed by atoms with Crippen LogP contribution in [0, 0.1) is 0 Å².